The first kappa shape index (κ1) is 11.7. The summed E-state index contributed by atoms with van der Waals surface area (Å²) in [5, 5.41) is 1.20. The summed E-state index contributed by atoms with van der Waals surface area (Å²) < 4.78 is 0. The van der Waals surface area contributed by atoms with E-state index in [1.54, 1.807) is 36.5 Å². The molecule has 0 bridgehead atoms. The molecule has 0 saturated heterocycles. The SMILES string of the molecule is Nc1cccc(C(=O)c2c[nH]c3ncc(Cl)cc23)c1. The number of ketones is 1. The fourth-order valence-electron chi connectivity index (χ4n) is 2.00. The Balaban J connectivity index is 2.14. The van der Waals surface area contributed by atoms with Gasteiger partial charge in [0.15, 0.2) is 5.78 Å². The molecule has 0 aliphatic rings. The zero-order valence-corrected chi connectivity index (χ0v) is 10.6. The summed E-state index contributed by atoms with van der Waals surface area (Å²) in [5.41, 5.74) is 7.97. The number of hydrogen-bond donors (Lipinski definition) is 2. The number of hydrogen-bond acceptors (Lipinski definition) is 3. The zero-order valence-electron chi connectivity index (χ0n) is 9.85. The highest BCUT2D eigenvalue weighted by Gasteiger charge is 2.15. The number of benzene rings is 1. The molecule has 0 spiro atoms. The van der Waals surface area contributed by atoms with Gasteiger partial charge in [-0.1, -0.05) is 23.7 Å². The third-order valence-electron chi connectivity index (χ3n) is 2.89. The molecule has 3 N–H and O–H groups in total. The summed E-state index contributed by atoms with van der Waals surface area (Å²) >= 11 is 5.92. The first-order chi connectivity index (χ1) is 9.15. The van der Waals surface area contributed by atoms with Gasteiger partial charge in [-0.2, -0.15) is 0 Å². The summed E-state index contributed by atoms with van der Waals surface area (Å²) in [4.78, 5) is 19.5. The Hall–Kier alpha value is -2.33. The third-order valence-corrected chi connectivity index (χ3v) is 3.10. The van der Waals surface area contributed by atoms with Gasteiger partial charge in [0.2, 0.25) is 0 Å². The van der Waals surface area contributed by atoms with Gasteiger partial charge in [-0.15, -0.1) is 0 Å². The number of halogens is 1. The number of pyridine rings is 1. The highest BCUT2D eigenvalue weighted by Crippen LogP contribution is 2.23. The van der Waals surface area contributed by atoms with Crippen LogP contribution in [0.15, 0.2) is 42.7 Å². The number of aromatic nitrogens is 2. The van der Waals surface area contributed by atoms with Crippen LogP contribution in [0, 0.1) is 0 Å². The number of H-pyrrole nitrogens is 1. The van der Waals surface area contributed by atoms with Crippen LogP contribution in [-0.4, -0.2) is 15.8 Å². The van der Waals surface area contributed by atoms with E-state index in [-0.39, 0.29) is 5.78 Å². The lowest BCUT2D eigenvalue weighted by molar-refractivity contribution is 0.104. The summed E-state index contributed by atoms with van der Waals surface area (Å²) in [6.45, 7) is 0. The first-order valence-corrected chi connectivity index (χ1v) is 6.06. The van der Waals surface area contributed by atoms with E-state index in [0.717, 1.165) is 0 Å². The number of fused-ring (bicyclic) bond motifs is 1. The predicted molar refractivity (Wildman–Crippen MR) is 75.4 cm³/mol. The largest absolute Gasteiger partial charge is 0.399 e. The Morgan fingerprint density at radius 1 is 1.32 bits per heavy atom. The molecule has 0 radical (unpaired) electrons. The fourth-order valence-corrected chi connectivity index (χ4v) is 2.16. The Bertz CT molecular complexity index is 779. The molecule has 4 nitrogen and oxygen atoms in total. The van der Waals surface area contributed by atoms with Crippen LogP contribution in [0.3, 0.4) is 0 Å². The lowest BCUT2D eigenvalue weighted by Gasteiger charge is -2.01. The monoisotopic (exact) mass is 271 g/mol. The number of rotatable bonds is 2. The second-order valence-corrected chi connectivity index (χ2v) is 4.64. The molecule has 0 amide bonds. The molecular formula is C14H10ClN3O. The second kappa shape index (κ2) is 4.40. The van der Waals surface area contributed by atoms with Crippen molar-refractivity contribution in [3.05, 3.63) is 58.9 Å². The van der Waals surface area contributed by atoms with Gasteiger partial charge in [0.05, 0.1) is 5.02 Å². The van der Waals surface area contributed by atoms with Gasteiger partial charge in [-0.05, 0) is 18.2 Å². The number of nitrogens with zero attached hydrogens (tertiary/aromatic N) is 1. The molecule has 0 saturated carbocycles. The van der Waals surface area contributed by atoms with Crippen LogP contribution >= 0.6 is 11.6 Å². The number of nitrogens with two attached hydrogens (primary N) is 1. The van der Waals surface area contributed by atoms with Gasteiger partial charge >= 0.3 is 0 Å². The van der Waals surface area contributed by atoms with E-state index in [2.05, 4.69) is 9.97 Å². The van der Waals surface area contributed by atoms with Crippen molar-refractivity contribution in [3.63, 3.8) is 0 Å². The minimum Gasteiger partial charge on any atom is -0.399 e. The number of aromatic amines is 1. The molecule has 19 heavy (non-hydrogen) atoms. The lowest BCUT2D eigenvalue weighted by Crippen LogP contribution is -2.01. The van der Waals surface area contributed by atoms with Crippen molar-refractivity contribution in [2.24, 2.45) is 0 Å². The molecule has 2 heterocycles. The number of carbonyl (C=O) groups excluding carboxylic acids is 1. The predicted octanol–water partition coefficient (Wildman–Crippen LogP) is 3.03. The van der Waals surface area contributed by atoms with Crippen molar-refractivity contribution in [3.8, 4) is 0 Å². The molecule has 0 fully saturated rings. The van der Waals surface area contributed by atoms with Crippen molar-refractivity contribution in [2.45, 2.75) is 0 Å². The van der Waals surface area contributed by atoms with Crippen molar-refractivity contribution in [2.75, 3.05) is 5.73 Å². The Morgan fingerprint density at radius 2 is 2.16 bits per heavy atom. The van der Waals surface area contributed by atoms with Crippen LogP contribution in [0.25, 0.3) is 11.0 Å². The molecule has 1 aromatic carbocycles. The summed E-state index contributed by atoms with van der Waals surface area (Å²) in [5.74, 6) is -0.109. The second-order valence-electron chi connectivity index (χ2n) is 4.21. The van der Waals surface area contributed by atoms with Crippen molar-refractivity contribution in [1.29, 1.82) is 0 Å². The molecule has 0 aliphatic heterocycles. The Labute approximate surface area is 114 Å². The molecule has 5 heteroatoms. The van der Waals surface area contributed by atoms with Gasteiger partial charge in [0.25, 0.3) is 0 Å². The molecule has 94 valence electrons. The van der Waals surface area contributed by atoms with E-state index in [0.29, 0.717) is 32.9 Å². The van der Waals surface area contributed by atoms with Gasteiger partial charge < -0.3 is 10.7 Å². The van der Waals surface area contributed by atoms with E-state index < -0.39 is 0 Å². The maximum Gasteiger partial charge on any atom is 0.195 e. The average Bonchev–Trinajstić information content (AvgIpc) is 2.80. The van der Waals surface area contributed by atoms with Crippen LogP contribution in [0.2, 0.25) is 5.02 Å². The lowest BCUT2D eigenvalue weighted by atomic mass is 10.0. The molecular weight excluding hydrogens is 262 g/mol. The summed E-state index contributed by atoms with van der Waals surface area (Å²) in [6.07, 6.45) is 3.18. The summed E-state index contributed by atoms with van der Waals surface area (Å²) in [6, 6.07) is 8.60. The first-order valence-electron chi connectivity index (χ1n) is 5.68. The number of nitrogen functional groups attached to an aromatic ring is 1. The zero-order chi connectivity index (χ0) is 13.4. The standard InChI is InChI=1S/C14H10ClN3O/c15-9-5-11-12(7-18-14(11)17-6-9)13(19)8-2-1-3-10(16)4-8/h1-7H,16H2,(H,17,18). The van der Waals surface area contributed by atoms with Gasteiger partial charge in [0, 0.05) is 34.6 Å². The van der Waals surface area contributed by atoms with Crippen LogP contribution in [-0.2, 0) is 0 Å². The highest BCUT2D eigenvalue weighted by atomic mass is 35.5. The number of carbonyl (C=O) groups is 1. The molecule has 0 aliphatic carbocycles. The van der Waals surface area contributed by atoms with Crippen LogP contribution in [0.1, 0.15) is 15.9 Å². The molecule has 2 aromatic heterocycles. The van der Waals surface area contributed by atoms with Crippen LogP contribution < -0.4 is 5.73 Å². The van der Waals surface area contributed by atoms with Gasteiger partial charge in [-0.3, -0.25) is 4.79 Å². The van der Waals surface area contributed by atoms with Crippen LogP contribution in [0.5, 0.6) is 0 Å². The van der Waals surface area contributed by atoms with Crippen LogP contribution in [0.4, 0.5) is 5.69 Å². The minimum atomic E-state index is -0.109. The number of anilines is 1. The topological polar surface area (TPSA) is 71.8 Å². The van der Waals surface area contributed by atoms with Crippen molar-refractivity contribution < 1.29 is 4.79 Å². The Kier molecular flexibility index (Phi) is 2.72. The molecule has 3 rings (SSSR count). The molecule has 3 aromatic rings. The normalized spacial score (nSPS) is 10.8. The quantitative estimate of drug-likeness (QED) is 0.556. The van der Waals surface area contributed by atoms with E-state index in [4.69, 9.17) is 17.3 Å². The van der Waals surface area contributed by atoms with E-state index in [1.807, 2.05) is 0 Å². The third kappa shape index (κ3) is 2.06. The fraction of sp³-hybridized carbons (Fsp3) is 0. The highest BCUT2D eigenvalue weighted by molar-refractivity contribution is 6.31. The Morgan fingerprint density at radius 3 is 2.95 bits per heavy atom. The van der Waals surface area contributed by atoms with Crippen molar-refractivity contribution in [1.82, 2.24) is 9.97 Å². The van der Waals surface area contributed by atoms with E-state index in [1.165, 1.54) is 6.20 Å². The number of nitrogens with one attached hydrogen (secondary N) is 1. The van der Waals surface area contributed by atoms with Gasteiger partial charge in [-0.25, -0.2) is 4.98 Å². The maximum absolute atomic E-state index is 12.4. The van der Waals surface area contributed by atoms with E-state index in [9.17, 15) is 4.79 Å². The maximum atomic E-state index is 12.4. The summed E-state index contributed by atoms with van der Waals surface area (Å²) in [7, 11) is 0. The van der Waals surface area contributed by atoms with Gasteiger partial charge in [0.1, 0.15) is 5.65 Å². The molecule has 0 atom stereocenters. The van der Waals surface area contributed by atoms with Crippen molar-refractivity contribution >= 4 is 34.1 Å². The smallest absolute Gasteiger partial charge is 0.195 e. The minimum absolute atomic E-state index is 0.109. The van der Waals surface area contributed by atoms with E-state index >= 15 is 0 Å². The average molecular weight is 272 g/mol. The molecule has 0 unspecified atom stereocenters.